The molecule has 62 valence electrons. The highest BCUT2D eigenvalue weighted by molar-refractivity contribution is 4.83. The standard InChI is InChI=1S/C7H12N2O2/c1-5(2)4-6-8-11-7(10)9(6)3/h5H,4H2,1-3H3. The summed E-state index contributed by atoms with van der Waals surface area (Å²) in [7, 11) is 1.66. The SMILES string of the molecule is CC(C)Cc1noc(=O)n1C. The second-order valence-corrected chi connectivity index (χ2v) is 3.02. The Labute approximate surface area is 64.8 Å². The van der Waals surface area contributed by atoms with Crippen molar-refractivity contribution in [2.75, 3.05) is 0 Å². The van der Waals surface area contributed by atoms with E-state index in [2.05, 4.69) is 23.5 Å². The first-order valence-electron chi connectivity index (χ1n) is 3.63. The Morgan fingerprint density at radius 3 is 2.64 bits per heavy atom. The Kier molecular flexibility index (Phi) is 2.12. The van der Waals surface area contributed by atoms with Crippen molar-refractivity contribution in [3.05, 3.63) is 16.4 Å². The minimum absolute atomic E-state index is 0.388. The van der Waals surface area contributed by atoms with Gasteiger partial charge in [0.05, 0.1) is 0 Å². The van der Waals surface area contributed by atoms with Crippen LogP contribution in [0.25, 0.3) is 0 Å². The zero-order valence-corrected chi connectivity index (χ0v) is 7.00. The van der Waals surface area contributed by atoms with E-state index in [1.54, 1.807) is 7.05 Å². The molecule has 0 spiro atoms. The van der Waals surface area contributed by atoms with Gasteiger partial charge in [-0.15, -0.1) is 0 Å². The van der Waals surface area contributed by atoms with Crippen molar-refractivity contribution < 1.29 is 4.52 Å². The maximum Gasteiger partial charge on any atom is 0.441 e. The fourth-order valence-electron chi connectivity index (χ4n) is 0.859. The molecule has 0 saturated carbocycles. The van der Waals surface area contributed by atoms with Gasteiger partial charge >= 0.3 is 5.76 Å². The minimum Gasteiger partial charge on any atom is -0.296 e. The van der Waals surface area contributed by atoms with Gasteiger partial charge in [0.1, 0.15) is 0 Å². The minimum atomic E-state index is -0.388. The van der Waals surface area contributed by atoms with Gasteiger partial charge in [0.15, 0.2) is 5.82 Å². The molecule has 0 N–H and O–H groups in total. The van der Waals surface area contributed by atoms with Crippen molar-refractivity contribution >= 4 is 0 Å². The average molecular weight is 156 g/mol. The summed E-state index contributed by atoms with van der Waals surface area (Å²) in [5, 5.41) is 3.63. The topological polar surface area (TPSA) is 48.0 Å². The lowest BCUT2D eigenvalue weighted by molar-refractivity contribution is 0.374. The summed E-state index contributed by atoms with van der Waals surface area (Å²) in [5.74, 6) is 0.816. The third-order valence-electron chi connectivity index (χ3n) is 1.48. The largest absolute Gasteiger partial charge is 0.441 e. The molecule has 0 aliphatic rings. The van der Waals surface area contributed by atoms with Crippen molar-refractivity contribution in [1.29, 1.82) is 0 Å². The van der Waals surface area contributed by atoms with E-state index in [0.29, 0.717) is 11.7 Å². The molecule has 0 aliphatic heterocycles. The van der Waals surface area contributed by atoms with E-state index in [0.717, 1.165) is 6.42 Å². The first kappa shape index (κ1) is 8.04. The molecule has 0 bridgehead atoms. The fraction of sp³-hybridized carbons (Fsp3) is 0.714. The van der Waals surface area contributed by atoms with Gasteiger partial charge in [0, 0.05) is 13.5 Å². The molecule has 0 aliphatic carbocycles. The number of nitrogens with zero attached hydrogens (tertiary/aromatic N) is 2. The van der Waals surface area contributed by atoms with Crippen LogP contribution in [0.1, 0.15) is 19.7 Å². The van der Waals surface area contributed by atoms with Crippen LogP contribution < -0.4 is 5.76 Å². The molecule has 1 aromatic rings. The molecule has 0 atom stereocenters. The van der Waals surface area contributed by atoms with Crippen LogP contribution in [0.3, 0.4) is 0 Å². The maximum absolute atomic E-state index is 10.8. The smallest absolute Gasteiger partial charge is 0.296 e. The fourth-order valence-corrected chi connectivity index (χ4v) is 0.859. The van der Waals surface area contributed by atoms with Crippen LogP contribution >= 0.6 is 0 Å². The highest BCUT2D eigenvalue weighted by atomic mass is 16.5. The Hall–Kier alpha value is -1.06. The second kappa shape index (κ2) is 2.90. The Morgan fingerprint density at radius 2 is 2.27 bits per heavy atom. The lowest BCUT2D eigenvalue weighted by Gasteiger charge is -2.00. The predicted octanol–water partition coefficient (Wildman–Crippen LogP) is 0.572. The number of hydrogen-bond acceptors (Lipinski definition) is 3. The molecule has 1 aromatic heterocycles. The molecule has 11 heavy (non-hydrogen) atoms. The Bertz CT molecular complexity index is 285. The summed E-state index contributed by atoms with van der Waals surface area (Å²) in [6, 6.07) is 0. The molecule has 0 fully saturated rings. The van der Waals surface area contributed by atoms with Crippen molar-refractivity contribution in [2.24, 2.45) is 13.0 Å². The summed E-state index contributed by atoms with van der Waals surface area (Å²) in [6.45, 7) is 4.14. The van der Waals surface area contributed by atoms with Gasteiger partial charge in [0.25, 0.3) is 0 Å². The first-order chi connectivity index (χ1) is 5.11. The normalized spacial score (nSPS) is 10.9. The number of rotatable bonds is 2. The van der Waals surface area contributed by atoms with E-state index in [-0.39, 0.29) is 5.76 Å². The molecule has 4 heteroatoms. The summed E-state index contributed by atoms with van der Waals surface area (Å²) in [5.41, 5.74) is 0. The van der Waals surface area contributed by atoms with Crippen LogP contribution in [0, 0.1) is 5.92 Å². The van der Waals surface area contributed by atoms with E-state index >= 15 is 0 Å². The lowest BCUT2D eigenvalue weighted by atomic mass is 10.1. The predicted molar refractivity (Wildman–Crippen MR) is 40.3 cm³/mol. The monoisotopic (exact) mass is 156 g/mol. The summed E-state index contributed by atoms with van der Waals surface area (Å²) < 4.78 is 5.88. The second-order valence-electron chi connectivity index (χ2n) is 3.02. The Morgan fingerprint density at radius 1 is 1.64 bits per heavy atom. The third kappa shape index (κ3) is 1.69. The quantitative estimate of drug-likeness (QED) is 0.629. The first-order valence-corrected chi connectivity index (χ1v) is 3.63. The van der Waals surface area contributed by atoms with E-state index in [1.807, 2.05) is 0 Å². The summed E-state index contributed by atoms with van der Waals surface area (Å²) in [6.07, 6.45) is 0.780. The number of aromatic nitrogens is 2. The molecule has 0 amide bonds. The van der Waals surface area contributed by atoms with Crippen LogP contribution in [-0.4, -0.2) is 9.72 Å². The lowest BCUT2D eigenvalue weighted by Crippen LogP contribution is -2.13. The van der Waals surface area contributed by atoms with E-state index in [9.17, 15) is 4.79 Å². The van der Waals surface area contributed by atoms with E-state index in [4.69, 9.17) is 0 Å². The highest BCUT2D eigenvalue weighted by Gasteiger charge is 2.07. The van der Waals surface area contributed by atoms with Crippen LogP contribution in [0.2, 0.25) is 0 Å². The van der Waals surface area contributed by atoms with Gasteiger partial charge in [0.2, 0.25) is 0 Å². The molecular formula is C7H12N2O2. The summed E-state index contributed by atoms with van der Waals surface area (Å²) in [4.78, 5) is 10.8. The Balaban J connectivity index is 2.87. The van der Waals surface area contributed by atoms with Crippen LogP contribution in [0.15, 0.2) is 9.32 Å². The molecule has 0 radical (unpaired) electrons. The highest BCUT2D eigenvalue weighted by Crippen LogP contribution is 2.01. The molecule has 1 heterocycles. The van der Waals surface area contributed by atoms with Gasteiger partial charge in [-0.1, -0.05) is 19.0 Å². The van der Waals surface area contributed by atoms with Crippen molar-refractivity contribution in [3.8, 4) is 0 Å². The molecule has 0 saturated heterocycles. The van der Waals surface area contributed by atoms with Gasteiger partial charge in [-0.05, 0) is 5.92 Å². The molecule has 0 unspecified atom stereocenters. The zero-order valence-electron chi connectivity index (χ0n) is 7.00. The van der Waals surface area contributed by atoms with Gasteiger partial charge in [-0.25, -0.2) is 4.79 Å². The van der Waals surface area contributed by atoms with E-state index < -0.39 is 0 Å². The van der Waals surface area contributed by atoms with Crippen LogP contribution in [-0.2, 0) is 13.5 Å². The van der Waals surface area contributed by atoms with Crippen molar-refractivity contribution in [2.45, 2.75) is 20.3 Å². The van der Waals surface area contributed by atoms with Crippen molar-refractivity contribution in [3.63, 3.8) is 0 Å². The molecule has 1 rings (SSSR count). The van der Waals surface area contributed by atoms with Crippen LogP contribution in [0.4, 0.5) is 0 Å². The van der Waals surface area contributed by atoms with E-state index in [1.165, 1.54) is 4.57 Å². The average Bonchev–Trinajstić information content (AvgIpc) is 2.18. The third-order valence-corrected chi connectivity index (χ3v) is 1.48. The summed E-state index contributed by atoms with van der Waals surface area (Å²) >= 11 is 0. The van der Waals surface area contributed by atoms with Gasteiger partial charge < -0.3 is 0 Å². The zero-order chi connectivity index (χ0) is 8.43. The van der Waals surface area contributed by atoms with Crippen molar-refractivity contribution in [1.82, 2.24) is 9.72 Å². The molecule has 0 aromatic carbocycles. The van der Waals surface area contributed by atoms with Crippen LogP contribution in [0.5, 0.6) is 0 Å². The maximum atomic E-state index is 10.8. The van der Waals surface area contributed by atoms with Gasteiger partial charge in [-0.2, -0.15) is 0 Å². The number of hydrogen-bond donors (Lipinski definition) is 0. The molecule has 4 nitrogen and oxygen atoms in total. The van der Waals surface area contributed by atoms with Gasteiger partial charge in [-0.3, -0.25) is 9.09 Å². The molecular weight excluding hydrogens is 144 g/mol.